The summed E-state index contributed by atoms with van der Waals surface area (Å²) >= 11 is 0. The number of aryl methyl sites for hydroxylation is 1. The molecule has 0 aliphatic heterocycles. The molecule has 0 fully saturated rings. The third-order valence-corrected chi connectivity index (χ3v) is 2.76. The second kappa shape index (κ2) is 6.45. The molecule has 94 valence electrons. The van der Waals surface area contributed by atoms with Gasteiger partial charge < -0.3 is 10.1 Å². The standard InChI is InChI=1S/C15H23NO/c1-6-16-14(9-11(2)3)13-10-12(4)7-8-15(13)17-5/h7-8,10,14,16H,2,6,9H2,1,3-5H3. The van der Waals surface area contributed by atoms with Gasteiger partial charge in [0.05, 0.1) is 7.11 Å². The molecule has 0 radical (unpaired) electrons. The smallest absolute Gasteiger partial charge is 0.123 e. The van der Waals surface area contributed by atoms with Gasteiger partial charge in [-0.3, -0.25) is 0 Å². The Bertz CT molecular complexity index is 385. The predicted octanol–water partition coefficient (Wildman–Crippen LogP) is 3.62. The SMILES string of the molecule is C=C(C)CC(NCC)c1cc(C)ccc1OC. The van der Waals surface area contributed by atoms with Gasteiger partial charge in [0.25, 0.3) is 0 Å². The first-order chi connectivity index (χ1) is 8.08. The van der Waals surface area contributed by atoms with Gasteiger partial charge in [0, 0.05) is 11.6 Å². The van der Waals surface area contributed by atoms with Gasteiger partial charge in [0.2, 0.25) is 0 Å². The van der Waals surface area contributed by atoms with Crippen LogP contribution in [0.4, 0.5) is 0 Å². The number of hydrogen-bond donors (Lipinski definition) is 1. The van der Waals surface area contributed by atoms with Gasteiger partial charge in [0.1, 0.15) is 5.75 Å². The van der Waals surface area contributed by atoms with Crippen LogP contribution in [-0.2, 0) is 0 Å². The minimum Gasteiger partial charge on any atom is -0.496 e. The second-order valence-corrected chi connectivity index (χ2v) is 4.52. The van der Waals surface area contributed by atoms with Crippen LogP contribution < -0.4 is 10.1 Å². The van der Waals surface area contributed by atoms with E-state index in [-0.39, 0.29) is 6.04 Å². The van der Waals surface area contributed by atoms with Crippen molar-refractivity contribution in [1.82, 2.24) is 5.32 Å². The van der Waals surface area contributed by atoms with E-state index in [1.54, 1.807) is 7.11 Å². The Balaban J connectivity index is 3.06. The van der Waals surface area contributed by atoms with Crippen LogP contribution in [0.15, 0.2) is 30.4 Å². The van der Waals surface area contributed by atoms with Crippen molar-refractivity contribution in [3.8, 4) is 5.75 Å². The van der Waals surface area contributed by atoms with Gasteiger partial charge in [-0.1, -0.05) is 30.2 Å². The van der Waals surface area contributed by atoms with Crippen LogP contribution >= 0.6 is 0 Å². The number of nitrogens with one attached hydrogen (secondary N) is 1. The minimum atomic E-state index is 0.285. The molecule has 1 atom stereocenters. The maximum absolute atomic E-state index is 5.44. The van der Waals surface area contributed by atoms with Gasteiger partial charge >= 0.3 is 0 Å². The topological polar surface area (TPSA) is 21.3 Å². The summed E-state index contributed by atoms with van der Waals surface area (Å²) in [6, 6.07) is 6.58. The average Bonchev–Trinajstić information content (AvgIpc) is 2.28. The van der Waals surface area contributed by atoms with Crippen LogP contribution in [0.2, 0.25) is 0 Å². The molecule has 1 unspecified atom stereocenters. The van der Waals surface area contributed by atoms with Gasteiger partial charge in [0.15, 0.2) is 0 Å². The van der Waals surface area contributed by atoms with Crippen molar-refractivity contribution in [3.05, 3.63) is 41.5 Å². The highest BCUT2D eigenvalue weighted by molar-refractivity contribution is 5.39. The van der Waals surface area contributed by atoms with E-state index in [1.165, 1.54) is 16.7 Å². The summed E-state index contributed by atoms with van der Waals surface area (Å²) in [5, 5.41) is 3.49. The lowest BCUT2D eigenvalue weighted by Crippen LogP contribution is -2.21. The summed E-state index contributed by atoms with van der Waals surface area (Å²) in [5.41, 5.74) is 3.65. The zero-order valence-electron chi connectivity index (χ0n) is 11.3. The first-order valence-electron chi connectivity index (χ1n) is 6.10. The molecular formula is C15H23NO. The summed E-state index contributed by atoms with van der Waals surface area (Å²) in [6.07, 6.45) is 0.938. The minimum absolute atomic E-state index is 0.285. The average molecular weight is 233 g/mol. The van der Waals surface area contributed by atoms with Crippen LogP contribution in [-0.4, -0.2) is 13.7 Å². The van der Waals surface area contributed by atoms with E-state index in [0.717, 1.165) is 18.7 Å². The fourth-order valence-corrected chi connectivity index (χ4v) is 2.01. The number of benzene rings is 1. The molecule has 2 nitrogen and oxygen atoms in total. The van der Waals surface area contributed by atoms with Crippen molar-refractivity contribution in [2.24, 2.45) is 0 Å². The van der Waals surface area contributed by atoms with Crippen molar-refractivity contribution in [2.45, 2.75) is 33.2 Å². The van der Waals surface area contributed by atoms with Crippen molar-refractivity contribution in [3.63, 3.8) is 0 Å². The molecule has 1 rings (SSSR count). The predicted molar refractivity (Wildman–Crippen MR) is 73.6 cm³/mol. The molecule has 1 N–H and O–H groups in total. The first kappa shape index (κ1) is 13.8. The highest BCUT2D eigenvalue weighted by Crippen LogP contribution is 2.29. The molecule has 0 saturated carbocycles. The van der Waals surface area contributed by atoms with E-state index in [4.69, 9.17) is 4.74 Å². The molecule has 2 heteroatoms. The molecule has 0 spiro atoms. The van der Waals surface area contributed by atoms with Crippen molar-refractivity contribution in [1.29, 1.82) is 0 Å². The Morgan fingerprint density at radius 3 is 2.71 bits per heavy atom. The molecule has 1 aromatic carbocycles. The van der Waals surface area contributed by atoms with Gasteiger partial charge in [-0.25, -0.2) is 0 Å². The maximum atomic E-state index is 5.44. The maximum Gasteiger partial charge on any atom is 0.123 e. The quantitative estimate of drug-likeness (QED) is 0.758. The van der Waals surface area contributed by atoms with Crippen LogP contribution in [0.3, 0.4) is 0 Å². The fourth-order valence-electron chi connectivity index (χ4n) is 2.01. The summed E-state index contributed by atoms with van der Waals surface area (Å²) in [7, 11) is 1.72. The lowest BCUT2D eigenvalue weighted by molar-refractivity contribution is 0.399. The Hall–Kier alpha value is -1.28. The van der Waals surface area contributed by atoms with E-state index in [2.05, 4.69) is 44.8 Å². The summed E-state index contributed by atoms with van der Waals surface area (Å²) in [4.78, 5) is 0. The normalized spacial score (nSPS) is 12.2. The Kier molecular flexibility index (Phi) is 5.23. The Morgan fingerprint density at radius 1 is 1.47 bits per heavy atom. The van der Waals surface area contributed by atoms with Crippen molar-refractivity contribution in [2.75, 3.05) is 13.7 Å². The van der Waals surface area contributed by atoms with Gasteiger partial charge in [-0.05, 0) is 32.9 Å². The van der Waals surface area contributed by atoms with E-state index >= 15 is 0 Å². The van der Waals surface area contributed by atoms with Crippen LogP contribution in [0.5, 0.6) is 5.75 Å². The second-order valence-electron chi connectivity index (χ2n) is 4.52. The number of methoxy groups -OCH3 is 1. The first-order valence-corrected chi connectivity index (χ1v) is 6.10. The van der Waals surface area contributed by atoms with E-state index in [0.29, 0.717) is 0 Å². The lowest BCUT2D eigenvalue weighted by atomic mass is 9.97. The molecule has 0 aromatic heterocycles. The molecule has 0 saturated heterocycles. The van der Waals surface area contributed by atoms with Crippen LogP contribution in [0.1, 0.15) is 37.4 Å². The zero-order chi connectivity index (χ0) is 12.8. The fraction of sp³-hybridized carbons (Fsp3) is 0.467. The summed E-state index contributed by atoms with van der Waals surface area (Å²) < 4.78 is 5.44. The molecule has 0 aliphatic rings. The summed E-state index contributed by atoms with van der Waals surface area (Å²) in [5.74, 6) is 0.947. The molecule has 1 aromatic rings. The molecule has 0 aliphatic carbocycles. The highest BCUT2D eigenvalue weighted by atomic mass is 16.5. The molecule has 17 heavy (non-hydrogen) atoms. The molecule has 0 amide bonds. The third-order valence-electron chi connectivity index (χ3n) is 2.76. The lowest BCUT2D eigenvalue weighted by Gasteiger charge is -2.21. The highest BCUT2D eigenvalue weighted by Gasteiger charge is 2.15. The third kappa shape index (κ3) is 3.90. The van der Waals surface area contributed by atoms with Gasteiger partial charge in [-0.15, -0.1) is 6.58 Å². The van der Waals surface area contributed by atoms with E-state index in [9.17, 15) is 0 Å². The molecule has 0 heterocycles. The largest absolute Gasteiger partial charge is 0.496 e. The van der Waals surface area contributed by atoms with Crippen molar-refractivity contribution >= 4 is 0 Å². The summed E-state index contributed by atoms with van der Waals surface area (Å²) in [6.45, 7) is 11.2. The Labute approximate surface area is 105 Å². The number of ether oxygens (including phenoxy) is 1. The van der Waals surface area contributed by atoms with E-state index in [1.807, 2.05) is 6.07 Å². The van der Waals surface area contributed by atoms with Crippen molar-refractivity contribution < 1.29 is 4.74 Å². The number of hydrogen-bond acceptors (Lipinski definition) is 2. The Morgan fingerprint density at radius 2 is 2.18 bits per heavy atom. The molecule has 0 bridgehead atoms. The zero-order valence-corrected chi connectivity index (χ0v) is 11.3. The van der Waals surface area contributed by atoms with Crippen LogP contribution in [0, 0.1) is 6.92 Å². The number of rotatable bonds is 6. The van der Waals surface area contributed by atoms with E-state index < -0.39 is 0 Å². The monoisotopic (exact) mass is 233 g/mol. The molecular weight excluding hydrogens is 210 g/mol. The van der Waals surface area contributed by atoms with Crippen LogP contribution in [0.25, 0.3) is 0 Å². The van der Waals surface area contributed by atoms with Gasteiger partial charge in [-0.2, -0.15) is 0 Å².